The van der Waals surface area contributed by atoms with Crippen molar-refractivity contribution >= 4 is 18.0 Å². The van der Waals surface area contributed by atoms with Gasteiger partial charge in [0, 0.05) is 30.8 Å². The smallest absolute Gasteiger partial charge is 0.268 e. The van der Waals surface area contributed by atoms with E-state index in [9.17, 15) is 9.90 Å². The van der Waals surface area contributed by atoms with Crippen molar-refractivity contribution in [1.82, 2.24) is 8.61 Å². The van der Waals surface area contributed by atoms with Gasteiger partial charge in [-0.25, -0.2) is 4.31 Å². The number of hydrogen-bond acceptors (Lipinski definition) is 4. The second-order valence-corrected chi connectivity index (χ2v) is 9.37. The molecule has 3 aliphatic rings. The van der Waals surface area contributed by atoms with E-state index in [1.54, 1.807) is 18.2 Å². The number of amides is 1. The molecule has 1 aliphatic heterocycles. The van der Waals surface area contributed by atoms with Gasteiger partial charge in [-0.05, 0) is 43.7 Å². The Morgan fingerprint density at radius 1 is 0.926 bits per heavy atom. The van der Waals surface area contributed by atoms with Gasteiger partial charge in [0.2, 0.25) is 0 Å². The Labute approximate surface area is 167 Å². The van der Waals surface area contributed by atoms with Crippen molar-refractivity contribution in [1.29, 1.82) is 0 Å². The normalized spacial score (nSPS) is 22.7. The molecule has 4 nitrogen and oxygen atoms in total. The number of nitrogens with zero attached hydrogens (tertiary/aromatic N) is 2. The summed E-state index contributed by atoms with van der Waals surface area (Å²) in [4.78, 5) is 13.1. The SMILES string of the molecule is O=C1c2c(O)cccc2CCN1SN(C1CCCCCC1)C1CCCCC1. The fourth-order valence-corrected chi connectivity index (χ4v) is 6.22. The Balaban J connectivity index is 1.54. The van der Waals surface area contributed by atoms with Gasteiger partial charge >= 0.3 is 0 Å². The maximum absolute atomic E-state index is 13.1. The highest BCUT2D eigenvalue weighted by Crippen LogP contribution is 2.38. The molecule has 0 bridgehead atoms. The monoisotopic (exact) mass is 388 g/mol. The van der Waals surface area contributed by atoms with E-state index in [0.29, 0.717) is 17.6 Å². The van der Waals surface area contributed by atoms with E-state index in [1.165, 1.54) is 70.6 Å². The Hall–Kier alpha value is -1.20. The lowest BCUT2D eigenvalue weighted by atomic mass is 9.94. The van der Waals surface area contributed by atoms with Crippen LogP contribution >= 0.6 is 12.1 Å². The van der Waals surface area contributed by atoms with Gasteiger partial charge < -0.3 is 5.11 Å². The molecule has 0 radical (unpaired) electrons. The molecule has 2 aliphatic carbocycles. The van der Waals surface area contributed by atoms with Crippen LogP contribution < -0.4 is 0 Å². The van der Waals surface area contributed by atoms with E-state index in [0.717, 1.165) is 18.5 Å². The number of carbonyl (C=O) groups excluding carboxylic acids is 1. The topological polar surface area (TPSA) is 43.8 Å². The van der Waals surface area contributed by atoms with Crippen molar-refractivity contribution in [2.45, 2.75) is 89.1 Å². The van der Waals surface area contributed by atoms with Crippen molar-refractivity contribution in [2.75, 3.05) is 6.54 Å². The highest BCUT2D eigenvalue weighted by Gasteiger charge is 2.35. The third-order valence-electron chi connectivity index (χ3n) is 6.47. The first-order valence-corrected chi connectivity index (χ1v) is 11.6. The minimum Gasteiger partial charge on any atom is -0.507 e. The Bertz CT molecular complexity index is 652. The number of rotatable bonds is 4. The van der Waals surface area contributed by atoms with Crippen molar-refractivity contribution in [3.05, 3.63) is 29.3 Å². The molecular weight excluding hydrogens is 356 g/mol. The maximum Gasteiger partial charge on any atom is 0.268 e. The summed E-state index contributed by atoms with van der Waals surface area (Å²) < 4.78 is 4.52. The van der Waals surface area contributed by atoms with E-state index in [1.807, 2.05) is 16.4 Å². The van der Waals surface area contributed by atoms with Crippen LogP contribution in [0.25, 0.3) is 0 Å². The zero-order valence-electron chi connectivity index (χ0n) is 16.2. The Kier molecular flexibility index (Phi) is 6.28. The average Bonchev–Trinajstić information content (AvgIpc) is 2.98. The summed E-state index contributed by atoms with van der Waals surface area (Å²) in [5, 5.41) is 10.2. The molecule has 0 saturated heterocycles. The number of phenolic OH excluding ortho intramolecular Hbond substituents is 1. The zero-order valence-corrected chi connectivity index (χ0v) is 17.1. The number of aromatic hydroxyl groups is 1. The summed E-state index contributed by atoms with van der Waals surface area (Å²) in [6, 6.07) is 6.61. The summed E-state index contributed by atoms with van der Waals surface area (Å²) >= 11 is 1.67. The van der Waals surface area contributed by atoms with E-state index in [-0.39, 0.29) is 11.7 Å². The quantitative estimate of drug-likeness (QED) is 0.561. The van der Waals surface area contributed by atoms with Gasteiger partial charge in [-0.1, -0.05) is 57.1 Å². The van der Waals surface area contributed by atoms with Gasteiger partial charge in [0.15, 0.2) is 0 Å². The second kappa shape index (κ2) is 8.87. The van der Waals surface area contributed by atoms with Crippen LogP contribution in [0.4, 0.5) is 0 Å². The van der Waals surface area contributed by atoms with Crippen molar-refractivity contribution in [3.8, 4) is 5.75 Å². The van der Waals surface area contributed by atoms with Gasteiger partial charge in [0.1, 0.15) is 5.75 Å². The molecule has 4 rings (SSSR count). The highest BCUT2D eigenvalue weighted by atomic mass is 32.2. The van der Waals surface area contributed by atoms with Crippen LogP contribution in [-0.2, 0) is 6.42 Å². The number of phenols is 1. The van der Waals surface area contributed by atoms with Crippen LogP contribution in [0.3, 0.4) is 0 Å². The van der Waals surface area contributed by atoms with E-state index in [2.05, 4.69) is 4.31 Å². The summed E-state index contributed by atoms with van der Waals surface area (Å²) in [6.07, 6.45) is 15.2. The molecule has 0 unspecified atom stereocenters. The lowest BCUT2D eigenvalue weighted by Crippen LogP contribution is -2.44. The maximum atomic E-state index is 13.1. The Morgan fingerprint density at radius 2 is 1.52 bits per heavy atom. The third kappa shape index (κ3) is 4.29. The molecule has 5 heteroatoms. The van der Waals surface area contributed by atoms with Gasteiger partial charge in [-0.2, -0.15) is 0 Å². The van der Waals surface area contributed by atoms with E-state index < -0.39 is 0 Å². The van der Waals surface area contributed by atoms with Gasteiger partial charge in [0.05, 0.1) is 5.56 Å². The van der Waals surface area contributed by atoms with Crippen LogP contribution in [0.2, 0.25) is 0 Å². The zero-order chi connectivity index (χ0) is 18.6. The average molecular weight is 389 g/mol. The highest BCUT2D eigenvalue weighted by molar-refractivity contribution is 7.95. The van der Waals surface area contributed by atoms with Crippen molar-refractivity contribution < 1.29 is 9.90 Å². The molecule has 0 aromatic heterocycles. The first kappa shape index (κ1) is 19.1. The first-order valence-electron chi connectivity index (χ1n) is 10.8. The third-order valence-corrected chi connectivity index (χ3v) is 7.80. The van der Waals surface area contributed by atoms with Gasteiger partial charge in [-0.15, -0.1) is 0 Å². The van der Waals surface area contributed by atoms with E-state index in [4.69, 9.17) is 0 Å². The molecule has 1 N–H and O–H groups in total. The van der Waals surface area contributed by atoms with Crippen LogP contribution in [0, 0.1) is 0 Å². The fourth-order valence-electron chi connectivity index (χ4n) is 4.96. The van der Waals surface area contributed by atoms with Crippen molar-refractivity contribution in [2.24, 2.45) is 0 Å². The molecule has 27 heavy (non-hydrogen) atoms. The summed E-state index contributed by atoms with van der Waals surface area (Å²) in [5.41, 5.74) is 1.50. The molecule has 2 fully saturated rings. The standard InChI is InChI=1S/C22H32N2O2S/c25-20-14-8-9-17-15-16-23(22(26)21(17)20)27-24(19-12-6-3-7-13-19)18-10-4-1-2-5-11-18/h8-9,14,18-19,25H,1-7,10-13,15-16H2. The van der Waals surface area contributed by atoms with Crippen LogP contribution in [-0.4, -0.2) is 38.3 Å². The lowest BCUT2D eigenvalue weighted by Gasteiger charge is -2.41. The fraction of sp³-hybridized carbons (Fsp3) is 0.682. The second-order valence-electron chi connectivity index (χ2n) is 8.35. The number of hydrogen-bond donors (Lipinski definition) is 1. The summed E-state index contributed by atoms with van der Waals surface area (Å²) in [5.74, 6) is 0.107. The molecular formula is C22H32N2O2S. The largest absolute Gasteiger partial charge is 0.507 e. The van der Waals surface area contributed by atoms with Crippen molar-refractivity contribution in [3.63, 3.8) is 0 Å². The minimum atomic E-state index is -0.0196. The first-order chi connectivity index (χ1) is 13.2. The molecule has 1 amide bonds. The number of benzene rings is 1. The molecule has 1 heterocycles. The predicted molar refractivity (Wildman–Crippen MR) is 111 cm³/mol. The molecule has 148 valence electrons. The predicted octanol–water partition coefficient (Wildman–Crippen LogP) is 5.31. The summed E-state index contributed by atoms with van der Waals surface area (Å²) in [7, 11) is 0. The molecule has 2 saturated carbocycles. The van der Waals surface area contributed by atoms with Crippen LogP contribution in [0.1, 0.15) is 86.6 Å². The van der Waals surface area contributed by atoms with Gasteiger partial charge in [-0.3, -0.25) is 9.10 Å². The number of carbonyl (C=O) groups is 1. The molecule has 0 atom stereocenters. The van der Waals surface area contributed by atoms with Crippen LogP contribution in [0.5, 0.6) is 5.75 Å². The number of fused-ring (bicyclic) bond motifs is 1. The van der Waals surface area contributed by atoms with E-state index >= 15 is 0 Å². The molecule has 0 spiro atoms. The molecule has 1 aromatic carbocycles. The molecule has 1 aromatic rings. The Morgan fingerprint density at radius 3 is 2.15 bits per heavy atom. The van der Waals surface area contributed by atoms with Crippen LogP contribution in [0.15, 0.2) is 18.2 Å². The lowest BCUT2D eigenvalue weighted by molar-refractivity contribution is 0.0846. The van der Waals surface area contributed by atoms with Gasteiger partial charge in [0.25, 0.3) is 5.91 Å². The summed E-state index contributed by atoms with van der Waals surface area (Å²) in [6.45, 7) is 0.732. The minimum absolute atomic E-state index is 0.0196.